The molecule has 0 atom stereocenters. The maximum absolute atomic E-state index is 15.4. The lowest BCUT2D eigenvalue weighted by Crippen LogP contribution is -2.08. The fraction of sp³-hybridized carbons (Fsp3) is 0.241. The summed E-state index contributed by atoms with van der Waals surface area (Å²) in [6, 6.07) is 11.3. The molecule has 4 aromatic rings. The number of nitrogens with zero attached hydrogens (tertiary/aromatic N) is 2. The van der Waals surface area contributed by atoms with Crippen LogP contribution in [-0.4, -0.2) is 31.3 Å². The minimum absolute atomic E-state index is 0.0970. The maximum atomic E-state index is 15.4. The van der Waals surface area contributed by atoms with Crippen LogP contribution in [0.2, 0.25) is 5.02 Å². The first-order chi connectivity index (χ1) is 18.9. The fourth-order valence-corrected chi connectivity index (χ4v) is 3.97. The third-order valence-electron chi connectivity index (χ3n) is 5.67. The van der Waals surface area contributed by atoms with Crippen molar-refractivity contribution in [3.05, 3.63) is 94.4 Å². The average molecular weight is 557 g/mol. The Morgan fingerprint density at radius 2 is 1.64 bits per heavy atom. The number of hydrogen-bond donors (Lipinski definition) is 2. The van der Waals surface area contributed by atoms with Crippen LogP contribution in [0.25, 0.3) is 0 Å². The van der Waals surface area contributed by atoms with Gasteiger partial charge in [-0.1, -0.05) is 25.4 Å². The Morgan fingerprint density at radius 1 is 0.846 bits per heavy atom. The molecule has 4 rings (SSSR count). The molecule has 2 aromatic carbocycles. The molecule has 0 amide bonds. The Morgan fingerprint density at radius 3 is 2.33 bits per heavy atom. The molecule has 39 heavy (non-hydrogen) atoms. The van der Waals surface area contributed by atoms with Crippen LogP contribution in [0.1, 0.15) is 30.5 Å². The molecule has 0 unspecified atom stereocenters. The standard InChI is InChI=1S/C27H25ClF2N4O3.C2H6/c1-35-20-6-4-17(24(12-20)36-2)14-33-27-25(30)16(8-9-32-27)10-18-13-31-15-23(26(18)37-3)34-22-7-5-19(28)11-21(22)29;1-2/h4-9,11-13,15,34H,10,14H2,1-3H3,(H,32,33);1-2H3. The zero-order valence-electron chi connectivity index (χ0n) is 22.4. The zero-order valence-corrected chi connectivity index (χ0v) is 23.2. The van der Waals surface area contributed by atoms with Gasteiger partial charge in [0.1, 0.15) is 28.8 Å². The van der Waals surface area contributed by atoms with Crippen LogP contribution in [-0.2, 0) is 13.0 Å². The number of nitrogens with one attached hydrogen (secondary N) is 2. The topological polar surface area (TPSA) is 77.5 Å². The molecule has 7 nitrogen and oxygen atoms in total. The quantitative estimate of drug-likeness (QED) is 0.211. The van der Waals surface area contributed by atoms with Crippen LogP contribution < -0.4 is 24.8 Å². The van der Waals surface area contributed by atoms with Gasteiger partial charge >= 0.3 is 0 Å². The Labute approximate surface area is 232 Å². The van der Waals surface area contributed by atoms with Gasteiger partial charge in [-0.05, 0) is 42.0 Å². The smallest absolute Gasteiger partial charge is 0.168 e. The summed E-state index contributed by atoms with van der Waals surface area (Å²) in [5, 5.41) is 6.28. The molecule has 206 valence electrons. The van der Waals surface area contributed by atoms with Crippen LogP contribution in [0.5, 0.6) is 17.2 Å². The summed E-state index contributed by atoms with van der Waals surface area (Å²) in [5.41, 5.74) is 2.44. The maximum Gasteiger partial charge on any atom is 0.168 e. The Bertz CT molecular complexity index is 1410. The number of benzene rings is 2. The molecule has 2 aromatic heterocycles. The predicted molar refractivity (Wildman–Crippen MR) is 151 cm³/mol. The van der Waals surface area contributed by atoms with E-state index in [1.165, 1.54) is 31.6 Å². The van der Waals surface area contributed by atoms with E-state index in [4.69, 9.17) is 25.8 Å². The van der Waals surface area contributed by atoms with Crippen molar-refractivity contribution >= 4 is 28.8 Å². The third kappa shape index (κ3) is 7.26. The van der Waals surface area contributed by atoms with E-state index in [9.17, 15) is 4.39 Å². The van der Waals surface area contributed by atoms with E-state index in [0.717, 1.165) is 5.56 Å². The molecule has 0 bridgehead atoms. The zero-order chi connectivity index (χ0) is 28.4. The van der Waals surface area contributed by atoms with E-state index < -0.39 is 11.6 Å². The Hall–Kier alpha value is -4.11. The van der Waals surface area contributed by atoms with Gasteiger partial charge in [-0.25, -0.2) is 13.8 Å². The first kappa shape index (κ1) is 29.4. The average Bonchev–Trinajstić information content (AvgIpc) is 2.96. The fourth-order valence-electron chi connectivity index (χ4n) is 3.81. The van der Waals surface area contributed by atoms with E-state index in [0.29, 0.717) is 34.1 Å². The molecular weight excluding hydrogens is 526 g/mol. The SMILES string of the molecule is CC.COc1ccc(CNc2nccc(Cc3cncc(Nc4ccc(Cl)cc4F)c3OC)c2F)c(OC)c1. The highest BCUT2D eigenvalue weighted by Gasteiger charge is 2.17. The second kappa shape index (κ2) is 14.2. The second-order valence-corrected chi connectivity index (χ2v) is 8.41. The van der Waals surface area contributed by atoms with Gasteiger partial charge < -0.3 is 24.8 Å². The molecular formula is C29H31ClF2N4O3. The summed E-state index contributed by atoms with van der Waals surface area (Å²) >= 11 is 5.84. The minimum atomic E-state index is -0.524. The number of pyridine rings is 2. The van der Waals surface area contributed by atoms with Gasteiger partial charge in [-0.15, -0.1) is 0 Å². The summed E-state index contributed by atoms with van der Waals surface area (Å²) < 4.78 is 45.9. The molecule has 0 spiro atoms. The first-order valence-corrected chi connectivity index (χ1v) is 12.6. The van der Waals surface area contributed by atoms with E-state index in [1.54, 1.807) is 44.7 Å². The summed E-state index contributed by atoms with van der Waals surface area (Å²) in [6.07, 6.45) is 4.78. The second-order valence-electron chi connectivity index (χ2n) is 7.97. The summed E-state index contributed by atoms with van der Waals surface area (Å²) in [5.74, 6) is 0.756. The highest BCUT2D eigenvalue weighted by Crippen LogP contribution is 2.34. The Kier molecular flexibility index (Phi) is 10.7. The van der Waals surface area contributed by atoms with Crippen LogP contribution in [0.3, 0.4) is 0 Å². The highest BCUT2D eigenvalue weighted by atomic mass is 35.5. The van der Waals surface area contributed by atoms with Gasteiger partial charge in [-0.3, -0.25) is 4.98 Å². The molecule has 10 heteroatoms. The van der Waals surface area contributed by atoms with Crippen molar-refractivity contribution < 1.29 is 23.0 Å². The lowest BCUT2D eigenvalue weighted by atomic mass is 10.1. The molecule has 0 saturated carbocycles. The summed E-state index contributed by atoms with van der Waals surface area (Å²) in [6.45, 7) is 4.29. The third-order valence-corrected chi connectivity index (χ3v) is 5.90. The summed E-state index contributed by atoms with van der Waals surface area (Å²) in [4.78, 5) is 8.38. The van der Waals surface area contributed by atoms with Crippen molar-refractivity contribution in [3.63, 3.8) is 0 Å². The number of methoxy groups -OCH3 is 3. The van der Waals surface area contributed by atoms with E-state index in [2.05, 4.69) is 20.6 Å². The van der Waals surface area contributed by atoms with Gasteiger partial charge in [0.2, 0.25) is 0 Å². The molecule has 0 fully saturated rings. The van der Waals surface area contributed by atoms with Gasteiger partial charge in [0, 0.05) is 47.6 Å². The predicted octanol–water partition coefficient (Wildman–Crippen LogP) is 7.41. The summed E-state index contributed by atoms with van der Waals surface area (Å²) in [7, 11) is 4.62. The van der Waals surface area contributed by atoms with Gasteiger partial charge in [0.05, 0.1) is 33.2 Å². The van der Waals surface area contributed by atoms with E-state index in [-0.39, 0.29) is 29.5 Å². The molecule has 2 heterocycles. The lowest BCUT2D eigenvalue weighted by molar-refractivity contribution is 0.391. The molecule has 2 N–H and O–H groups in total. The molecule has 0 radical (unpaired) electrons. The van der Waals surface area contributed by atoms with Crippen molar-refractivity contribution in [2.75, 3.05) is 32.0 Å². The van der Waals surface area contributed by atoms with Crippen LogP contribution in [0.15, 0.2) is 61.1 Å². The van der Waals surface area contributed by atoms with E-state index in [1.807, 2.05) is 19.9 Å². The number of hydrogen-bond acceptors (Lipinski definition) is 7. The molecule has 0 saturated heterocycles. The number of anilines is 3. The van der Waals surface area contributed by atoms with Crippen molar-refractivity contribution in [2.24, 2.45) is 0 Å². The highest BCUT2D eigenvalue weighted by molar-refractivity contribution is 6.30. The van der Waals surface area contributed by atoms with Gasteiger partial charge in [0.15, 0.2) is 11.6 Å². The van der Waals surface area contributed by atoms with Crippen LogP contribution >= 0.6 is 11.6 Å². The largest absolute Gasteiger partial charge is 0.497 e. The molecule has 0 aliphatic carbocycles. The number of halogens is 3. The van der Waals surface area contributed by atoms with Crippen molar-refractivity contribution in [2.45, 2.75) is 26.8 Å². The number of rotatable bonds is 10. The van der Waals surface area contributed by atoms with Gasteiger partial charge in [-0.2, -0.15) is 0 Å². The lowest BCUT2D eigenvalue weighted by Gasteiger charge is -2.16. The van der Waals surface area contributed by atoms with Gasteiger partial charge in [0.25, 0.3) is 0 Å². The van der Waals surface area contributed by atoms with Crippen molar-refractivity contribution in [1.29, 1.82) is 0 Å². The monoisotopic (exact) mass is 556 g/mol. The van der Waals surface area contributed by atoms with E-state index >= 15 is 4.39 Å². The minimum Gasteiger partial charge on any atom is -0.497 e. The number of ether oxygens (including phenoxy) is 3. The normalized spacial score (nSPS) is 10.3. The van der Waals surface area contributed by atoms with Crippen LogP contribution in [0, 0.1) is 11.6 Å². The Balaban J connectivity index is 0.00000205. The van der Waals surface area contributed by atoms with Crippen LogP contribution in [0.4, 0.5) is 26.0 Å². The number of aromatic nitrogens is 2. The first-order valence-electron chi connectivity index (χ1n) is 12.2. The molecule has 0 aliphatic heterocycles. The molecule has 0 aliphatic rings. The van der Waals surface area contributed by atoms with Crippen molar-refractivity contribution in [3.8, 4) is 17.2 Å². The van der Waals surface area contributed by atoms with Crippen molar-refractivity contribution in [1.82, 2.24) is 9.97 Å².